The van der Waals surface area contributed by atoms with E-state index in [1.165, 1.54) is 24.3 Å². The minimum atomic E-state index is 0.181. The molecule has 2 nitrogen and oxygen atoms in total. The van der Waals surface area contributed by atoms with E-state index in [4.69, 9.17) is 5.73 Å². The molecule has 2 rings (SSSR count). The fourth-order valence-corrected chi connectivity index (χ4v) is 2.51. The molecule has 0 aromatic heterocycles. The molecule has 1 fully saturated rings. The molecule has 0 aliphatic carbocycles. The van der Waals surface area contributed by atoms with Gasteiger partial charge in [0.15, 0.2) is 0 Å². The van der Waals surface area contributed by atoms with Crippen LogP contribution in [0.2, 0.25) is 0 Å². The summed E-state index contributed by atoms with van der Waals surface area (Å²) in [5, 5.41) is 0. The molecule has 1 aromatic rings. The highest BCUT2D eigenvalue weighted by atomic mass is 15.2. The Balaban J connectivity index is 2.08. The predicted molar refractivity (Wildman–Crippen MR) is 74.2 cm³/mol. The lowest BCUT2D eigenvalue weighted by Gasteiger charge is -2.19. The molecule has 2 unspecified atom stereocenters. The van der Waals surface area contributed by atoms with Crippen molar-refractivity contribution in [1.82, 2.24) is 0 Å². The van der Waals surface area contributed by atoms with Gasteiger partial charge >= 0.3 is 0 Å². The number of benzene rings is 1. The number of nitrogens with zero attached hydrogens (tertiary/aromatic N) is 1. The van der Waals surface area contributed by atoms with Crippen LogP contribution in [0, 0.1) is 11.8 Å². The van der Waals surface area contributed by atoms with Crippen molar-refractivity contribution in [2.45, 2.75) is 33.2 Å². The zero-order valence-electron chi connectivity index (χ0n) is 11.2. The third-order valence-corrected chi connectivity index (χ3v) is 4.11. The first-order valence-corrected chi connectivity index (χ1v) is 6.72. The standard InChI is InChI=1S/C15H24N2/c1-4-15(16)13-5-7-14(8-6-13)17-9-11(2)12(3)10-17/h5-8,11-12,15H,4,9-10,16H2,1-3H3/t11?,12?,15-/m0/s1. The predicted octanol–water partition coefficient (Wildman–Crippen LogP) is 3.19. The maximum Gasteiger partial charge on any atom is 0.0366 e. The molecule has 3 atom stereocenters. The Labute approximate surface area is 105 Å². The van der Waals surface area contributed by atoms with Crippen LogP contribution in [-0.2, 0) is 0 Å². The second-order valence-corrected chi connectivity index (χ2v) is 5.47. The summed E-state index contributed by atoms with van der Waals surface area (Å²) in [6.45, 7) is 9.17. The molecule has 0 bridgehead atoms. The van der Waals surface area contributed by atoms with Crippen LogP contribution in [0.4, 0.5) is 5.69 Å². The maximum absolute atomic E-state index is 6.03. The van der Waals surface area contributed by atoms with Crippen molar-refractivity contribution >= 4 is 5.69 Å². The molecule has 2 N–H and O–H groups in total. The van der Waals surface area contributed by atoms with Crippen molar-refractivity contribution in [1.29, 1.82) is 0 Å². The van der Waals surface area contributed by atoms with Crippen molar-refractivity contribution in [3.63, 3.8) is 0 Å². The Bertz CT molecular complexity index is 348. The van der Waals surface area contributed by atoms with Crippen molar-refractivity contribution in [3.8, 4) is 0 Å². The minimum absolute atomic E-state index is 0.181. The van der Waals surface area contributed by atoms with Crippen molar-refractivity contribution < 1.29 is 0 Å². The number of hydrogen-bond acceptors (Lipinski definition) is 2. The molecule has 0 amide bonds. The van der Waals surface area contributed by atoms with E-state index in [9.17, 15) is 0 Å². The molecule has 0 spiro atoms. The van der Waals surface area contributed by atoms with E-state index in [0.717, 1.165) is 18.3 Å². The quantitative estimate of drug-likeness (QED) is 0.867. The third kappa shape index (κ3) is 2.63. The zero-order chi connectivity index (χ0) is 12.4. The lowest BCUT2D eigenvalue weighted by molar-refractivity contribution is 0.494. The molecule has 17 heavy (non-hydrogen) atoms. The van der Waals surface area contributed by atoms with Gasteiger partial charge in [-0.15, -0.1) is 0 Å². The van der Waals surface area contributed by atoms with Crippen LogP contribution in [0.15, 0.2) is 24.3 Å². The summed E-state index contributed by atoms with van der Waals surface area (Å²) in [5.41, 5.74) is 8.62. The van der Waals surface area contributed by atoms with Gasteiger partial charge in [0, 0.05) is 24.8 Å². The molecule has 0 radical (unpaired) electrons. The lowest BCUT2D eigenvalue weighted by atomic mass is 10.0. The summed E-state index contributed by atoms with van der Waals surface area (Å²) in [6.07, 6.45) is 0.997. The molecule has 1 saturated heterocycles. The van der Waals surface area contributed by atoms with Gasteiger partial charge in [-0.05, 0) is 36.0 Å². The van der Waals surface area contributed by atoms with E-state index in [2.05, 4.69) is 49.9 Å². The van der Waals surface area contributed by atoms with Crippen molar-refractivity contribution in [2.75, 3.05) is 18.0 Å². The van der Waals surface area contributed by atoms with E-state index >= 15 is 0 Å². The number of anilines is 1. The second kappa shape index (κ2) is 5.09. The smallest absolute Gasteiger partial charge is 0.0366 e. The van der Waals surface area contributed by atoms with Gasteiger partial charge in [-0.2, -0.15) is 0 Å². The first kappa shape index (κ1) is 12.4. The third-order valence-electron chi connectivity index (χ3n) is 4.11. The van der Waals surface area contributed by atoms with Crippen molar-refractivity contribution in [2.24, 2.45) is 17.6 Å². The second-order valence-electron chi connectivity index (χ2n) is 5.47. The van der Waals surface area contributed by atoms with Crippen LogP contribution in [0.5, 0.6) is 0 Å². The van der Waals surface area contributed by atoms with Crippen LogP contribution in [-0.4, -0.2) is 13.1 Å². The van der Waals surface area contributed by atoms with Crippen molar-refractivity contribution in [3.05, 3.63) is 29.8 Å². The highest BCUT2D eigenvalue weighted by molar-refractivity contribution is 5.49. The molecule has 1 aromatic carbocycles. The first-order chi connectivity index (χ1) is 8.11. The largest absolute Gasteiger partial charge is 0.371 e. The zero-order valence-corrected chi connectivity index (χ0v) is 11.2. The maximum atomic E-state index is 6.03. The van der Waals surface area contributed by atoms with Gasteiger partial charge in [0.1, 0.15) is 0 Å². The number of rotatable bonds is 3. The summed E-state index contributed by atoms with van der Waals surface area (Å²) in [7, 11) is 0. The monoisotopic (exact) mass is 232 g/mol. The van der Waals surface area contributed by atoms with Crippen LogP contribution in [0.25, 0.3) is 0 Å². The van der Waals surface area contributed by atoms with E-state index in [0.29, 0.717) is 0 Å². The Morgan fingerprint density at radius 2 is 1.71 bits per heavy atom. The molecule has 0 saturated carbocycles. The molecule has 2 heteroatoms. The van der Waals surface area contributed by atoms with Gasteiger partial charge in [0.25, 0.3) is 0 Å². The summed E-state index contributed by atoms with van der Waals surface area (Å²) in [5.74, 6) is 1.60. The fourth-order valence-electron chi connectivity index (χ4n) is 2.51. The topological polar surface area (TPSA) is 29.3 Å². The summed E-state index contributed by atoms with van der Waals surface area (Å²) < 4.78 is 0. The van der Waals surface area contributed by atoms with Gasteiger partial charge in [-0.1, -0.05) is 32.9 Å². The Hall–Kier alpha value is -1.02. The average Bonchev–Trinajstić information content (AvgIpc) is 2.69. The SMILES string of the molecule is CC[C@H](N)c1ccc(N2CC(C)C(C)C2)cc1. The van der Waals surface area contributed by atoms with E-state index in [1.54, 1.807) is 0 Å². The Kier molecular flexibility index (Phi) is 3.72. The summed E-state index contributed by atoms with van der Waals surface area (Å²) in [6, 6.07) is 8.97. The molecule has 1 heterocycles. The molecule has 1 aliphatic heterocycles. The van der Waals surface area contributed by atoms with Gasteiger partial charge in [0.2, 0.25) is 0 Å². The Morgan fingerprint density at radius 3 is 2.18 bits per heavy atom. The normalized spacial score (nSPS) is 26.2. The van der Waals surface area contributed by atoms with Crippen LogP contribution in [0.3, 0.4) is 0 Å². The summed E-state index contributed by atoms with van der Waals surface area (Å²) >= 11 is 0. The number of hydrogen-bond donors (Lipinski definition) is 1. The minimum Gasteiger partial charge on any atom is -0.371 e. The Morgan fingerprint density at radius 1 is 1.18 bits per heavy atom. The van der Waals surface area contributed by atoms with Crippen LogP contribution in [0.1, 0.15) is 38.8 Å². The van der Waals surface area contributed by atoms with E-state index in [-0.39, 0.29) is 6.04 Å². The summed E-state index contributed by atoms with van der Waals surface area (Å²) in [4.78, 5) is 2.48. The van der Waals surface area contributed by atoms with E-state index < -0.39 is 0 Å². The fraction of sp³-hybridized carbons (Fsp3) is 0.600. The van der Waals surface area contributed by atoms with E-state index in [1.807, 2.05) is 0 Å². The first-order valence-electron chi connectivity index (χ1n) is 6.72. The highest BCUT2D eigenvalue weighted by Crippen LogP contribution is 2.28. The molecular weight excluding hydrogens is 208 g/mol. The number of nitrogens with two attached hydrogens (primary N) is 1. The highest BCUT2D eigenvalue weighted by Gasteiger charge is 2.25. The van der Waals surface area contributed by atoms with Crippen LogP contribution < -0.4 is 10.6 Å². The molecular formula is C15H24N2. The van der Waals surface area contributed by atoms with Gasteiger partial charge < -0.3 is 10.6 Å². The molecule has 94 valence electrons. The lowest BCUT2D eigenvalue weighted by Crippen LogP contribution is -2.19. The average molecular weight is 232 g/mol. The van der Waals surface area contributed by atoms with Gasteiger partial charge in [-0.25, -0.2) is 0 Å². The molecule has 1 aliphatic rings. The van der Waals surface area contributed by atoms with Crippen LogP contribution >= 0.6 is 0 Å². The van der Waals surface area contributed by atoms with Gasteiger partial charge in [-0.3, -0.25) is 0 Å². The van der Waals surface area contributed by atoms with Gasteiger partial charge in [0.05, 0.1) is 0 Å².